The van der Waals surface area contributed by atoms with Crippen LogP contribution in [0.1, 0.15) is 54.0 Å². The van der Waals surface area contributed by atoms with Crippen molar-refractivity contribution in [3.8, 4) is 11.5 Å². The van der Waals surface area contributed by atoms with Gasteiger partial charge in [0.25, 0.3) is 0 Å². The first-order valence-electron chi connectivity index (χ1n) is 10.1. The summed E-state index contributed by atoms with van der Waals surface area (Å²) >= 11 is 0. The molecule has 156 valence electrons. The number of hydrogen-bond donors (Lipinski definition) is 0. The van der Waals surface area contributed by atoms with Crippen LogP contribution in [0.25, 0.3) is 0 Å². The lowest BCUT2D eigenvalue weighted by atomic mass is 9.88. The molecule has 0 radical (unpaired) electrons. The van der Waals surface area contributed by atoms with Crippen molar-refractivity contribution in [1.29, 1.82) is 0 Å². The zero-order valence-corrected chi connectivity index (χ0v) is 18.6. The number of rotatable bonds is 12. The van der Waals surface area contributed by atoms with E-state index in [1.165, 1.54) is 5.56 Å². The summed E-state index contributed by atoms with van der Waals surface area (Å²) in [6, 6.07) is 6.25. The first kappa shape index (κ1) is 23.8. The molecule has 0 aliphatic heterocycles. The first-order chi connectivity index (χ1) is 12.6. The Hall–Kier alpha value is -1.26. The van der Waals surface area contributed by atoms with Crippen LogP contribution in [0, 0.1) is 17.3 Å². The molecular weight excluding hydrogens is 340 g/mol. The standard InChI is InChI=1S/C23H40O4/c1-17(2)25-14-19(4)16-27-22-10-20(12-23(5,6)7)9-21(11-22)26-15-18(3)13-24-8/h9-11,17-19H,12-16H2,1-8H3. The van der Waals surface area contributed by atoms with Gasteiger partial charge in [-0.3, -0.25) is 0 Å². The molecule has 0 aliphatic carbocycles. The van der Waals surface area contributed by atoms with Gasteiger partial charge in [0.05, 0.1) is 32.5 Å². The zero-order chi connectivity index (χ0) is 20.4. The normalized spacial score (nSPS) is 14.3. The first-order valence-corrected chi connectivity index (χ1v) is 10.1. The van der Waals surface area contributed by atoms with Crippen LogP contribution in [-0.4, -0.2) is 39.6 Å². The van der Waals surface area contributed by atoms with Crippen LogP contribution in [0.4, 0.5) is 0 Å². The highest BCUT2D eigenvalue weighted by Crippen LogP contribution is 2.29. The Kier molecular flexibility index (Phi) is 10.2. The monoisotopic (exact) mass is 380 g/mol. The minimum atomic E-state index is 0.206. The van der Waals surface area contributed by atoms with E-state index in [-0.39, 0.29) is 11.5 Å². The Morgan fingerprint density at radius 1 is 0.778 bits per heavy atom. The molecule has 0 saturated heterocycles. The molecule has 0 spiro atoms. The number of benzene rings is 1. The quantitative estimate of drug-likeness (QED) is 0.488. The summed E-state index contributed by atoms with van der Waals surface area (Å²) in [5.41, 5.74) is 1.44. The van der Waals surface area contributed by atoms with Crippen LogP contribution >= 0.6 is 0 Å². The fourth-order valence-corrected chi connectivity index (χ4v) is 2.73. The number of methoxy groups -OCH3 is 1. The summed E-state index contributed by atoms with van der Waals surface area (Å²) in [5.74, 6) is 2.41. The molecule has 1 aromatic carbocycles. The highest BCUT2D eigenvalue weighted by atomic mass is 16.5. The van der Waals surface area contributed by atoms with Gasteiger partial charge in [-0.2, -0.15) is 0 Å². The van der Waals surface area contributed by atoms with E-state index in [4.69, 9.17) is 18.9 Å². The van der Waals surface area contributed by atoms with E-state index in [9.17, 15) is 0 Å². The second-order valence-corrected chi connectivity index (χ2v) is 9.22. The summed E-state index contributed by atoms with van der Waals surface area (Å²) in [6.07, 6.45) is 1.22. The van der Waals surface area contributed by atoms with Crippen LogP contribution in [0.3, 0.4) is 0 Å². The average Bonchev–Trinajstić information content (AvgIpc) is 2.55. The molecular formula is C23H40O4. The Balaban J connectivity index is 2.78. The average molecular weight is 381 g/mol. The van der Waals surface area contributed by atoms with Crippen molar-refractivity contribution < 1.29 is 18.9 Å². The number of hydrogen-bond acceptors (Lipinski definition) is 4. The molecule has 0 saturated carbocycles. The smallest absolute Gasteiger partial charge is 0.123 e. The third-order valence-electron chi connectivity index (χ3n) is 3.91. The lowest BCUT2D eigenvalue weighted by Crippen LogP contribution is -2.18. The van der Waals surface area contributed by atoms with Crippen LogP contribution in [0.5, 0.6) is 11.5 Å². The summed E-state index contributed by atoms with van der Waals surface area (Å²) in [4.78, 5) is 0. The Morgan fingerprint density at radius 2 is 1.30 bits per heavy atom. The molecule has 0 bridgehead atoms. The zero-order valence-electron chi connectivity index (χ0n) is 18.6. The second-order valence-electron chi connectivity index (χ2n) is 9.22. The maximum absolute atomic E-state index is 6.07. The van der Waals surface area contributed by atoms with E-state index >= 15 is 0 Å². The van der Waals surface area contributed by atoms with E-state index in [1.807, 2.05) is 6.07 Å². The largest absolute Gasteiger partial charge is 0.493 e. The van der Waals surface area contributed by atoms with E-state index in [1.54, 1.807) is 7.11 Å². The van der Waals surface area contributed by atoms with Gasteiger partial charge in [0.2, 0.25) is 0 Å². The third kappa shape index (κ3) is 11.2. The lowest BCUT2D eigenvalue weighted by molar-refractivity contribution is 0.0427. The van der Waals surface area contributed by atoms with Crippen LogP contribution in [-0.2, 0) is 15.9 Å². The van der Waals surface area contributed by atoms with Crippen molar-refractivity contribution in [2.75, 3.05) is 33.5 Å². The van der Waals surface area contributed by atoms with Crippen LogP contribution in [0.2, 0.25) is 0 Å². The summed E-state index contributed by atoms with van der Waals surface area (Å²) < 4.78 is 23.0. The fraction of sp³-hybridized carbons (Fsp3) is 0.739. The van der Waals surface area contributed by atoms with E-state index in [0.717, 1.165) is 17.9 Å². The SMILES string of the molecule is COCC(C)COc1cc(CC(C)(C)C)cc(OCC(C)COC(C)C)c1. The van der Waals surface area contributed by atoms with Gasteiger partial charge < -0.3 is 18.9 Å². The molecule has 1 aromatic rings. The molecule has 0 fully saturated rings. The van der Waals surface area contributed by atoms with Gasteiger partial charge in [-0.15, -0.1) is 0 Å². The highest BCUT2D eigenvalue weighted by Gasteiger charge is 2.14. The van der Waals surface area contributed by atoms with Crippen molar-refractivity contribution >= 4 is 0 Å². The minimum Gasteiger partial charge on any atom is -0.493 e. The summed E-state index contributed by atoms with van der Waals surface area (Å²) in [7, 11) is 1.72. The van der Waals surface area contributed by atoms with Crippen molar-refractivity contribution in [2.24, 2.45) is 17.3 Å². The third-order valence-corrected chi connectivity index (χ3v) is 3.91. The summed E-state index contributed by atoms with van der Waals surface area (Å²) in [6.45, 7) is 17.8. The van der Waals surface area contributed by atoms with Crippen LogP contribution < -0.4 is 9.47 Å². The molecule has 4 heteroatoms. The van der Waals surface area contributed by atoms with Crippen molar-refractivity contribution in [3.63, 3.8) is 0 Å². The van der Waals surface area contributed by atoms with E-state index in [0.29, 0.717) is 38.3 Å². The molecule has 2 unspecified atom stereocenters. The lowest BCUT2D eigenvalue weighted by Gasteiger charge is -2.21. The molecule has 0 heterocycles. The van der Waals surface area contributed by atoms with Gasteiger partial charge in [0.15, 0.2) is 0 Å². The van der Waals surface area contributed by atoms with Gasteiger partial charge in [-0.1, -0.05) is 34.6 Å². The number of ether oxygens (including phenoxy) is 4. The fourth-order valence-electron chi connectivity index (χ4n) is 2.73. The van der Waals surface area contributed by atoms with Gasteiger partial charge in [-0.05, 0) is 43.4 Å². The predicted molar refractivity (Wildman–Crippen MR) is 112 cm³/mol. The Bertz CT molecular complexity index is 534. The van der Waals surface area contributed by atoms with Crippen molar-refractivity contribution in [3.05, 3.63) is 23.8 Å². The van der Waals surface area contributed by atoms with Gasteiger partial charge in [0.1, 0.15) is 11.5 Å². The molecule has 2 atom stereocenters. The summed E-state index contributed by atoms with van der Waals surface area (Å²) in [5, 5.41) is 0. The van der Waals surface area contributed by atoms with Crippen molar-refractivity contribution in [2.45, 2.75) is 61.0 Å². The highest BCUT2D eigenvalue weighted by molar-refractivity contribution is 5.39. The molecule has 0 aromatic heterocycles. The van der Waals surface area contributed by atoms with Gasteiger partial charge >= 0.3 is 0 Å². The molecule has 0 N–H and O–H groups in total. The molecule has 1 rings (SSSR count). The Labute approximate surface area is 166 Å². The van der Waals surface area contributed by atoms with Gasteiger partial charge in [-0.25, -0.2) is 0 Å². The minimum absolute atomic E-state index is 0.206. The topological polar surface area (TPSA) is 36.9 Å². The molecule has 0 amide bonds. The molecule has 0 aliphatic rings. The van der Waals surface area contributed by atoms with E-state index < -0.39 is 0 Å². The molecule has 27 heavy (non-hydrogen) atoms. The maximum Gasteiger partial charge on any atom is 0.123 e. The van der Waals surface area contributed by atoms with Gasteiger partial charge in [0, 0.05) is 25.0 Å². The maximum atomic E-state index is 6.07. The second kappa shape index (κ2) is 11.6. The van der Waals surface area contributed by atoms with E-state index in [2.05, 4.69) is 60.6 Å². The van der Waals surface area contributed by atoms with Crippen LogP contribution in [0.15, 0.2) is 18.2 Å². The van der Waals surface area contributed by atoms with Crippen molar-refractivity contribution in [1.82, 2.24) is 0 Å². The predicted octanol–water partition coefficient (Wildman–Crippen LogP) is 5.38. The Morgan fingerprint density at radius 3 is 1.74 bits per heavy atom. The molecule has 4 nitrogen and oxygen atoms in total.